The van der Waals surface area contributed by atoms with Crippen molar-refractivity contribution in [3.8, 4) is 5.75 Å². The standard InChI is InChI=1S/C26H32N2O5S.C25H30N2O5S/c1-17-14-18(2)21(19(3)15-17)12-13-33-22(29)16-27-23-24(20-10-8-7-9-11-20)34(31,32)28(25(23)30)26(4,5)6;1-17-11-9-12-18(2)22(17)32-20(28)15-10-16-26-21-23(19-13-7-6-8-14-19)33(30,31)27(24(21)29)25(3,4)5/h7-11,14-15,27H,12-13,16H2,1-6H3;6-9,11-14,26H,10,15-16H2,1-5H3. The maximum absolute atomic E-state index is 13.3. The van der Waals surface area contributed by atoms with Gasteiger partial charge < -0.3 is 20.1 Å². The van der Waals surface area contributed by atoms with Gasteiger partial charge in [-0.05, 0) is 122 Å². The smallest absolute Gasteiger partial charge is 0.325 e. The Labute approximate surface area is 395 Å². The average molecular weight is 955 g/mol. The third-order valence-corrected chi connectivity index (χ3v) is 15.2. The van der Waals surface area contributed by atoms with Crippen molar-refractivity contribution in [3.05, 3.63) is 147 Å². The Morgan fingerprint density at radius 2 is 1.04 bits per heavy atom. The summed E-state index contributed by atoms with van der Waals surface area (Å²) < 4.78 is 65.9. The second-order valence-corrected chi connectivity index (χ2v) is 22.0. The normalized spacial score (nSPS) is 15.6. The number of aryl methyl sites for hydroxylation is 5. The molecule has 0 unspecified atom stereocenters. The van der Waals surface area contributed by atoms with Crippen LogP contribution in [-0.4, -0.2) is 80.0 Å². The van der Waals surface area contributed by atoms with E-state index in [-0.39, 0.29) is 53.3 Å². The molecular weight excluding hydrogens is 893 g/mol. The molecule has 0 aromatic heterocycles. The van der Waals surface area contributed by atoms with Gasteiger partial charge in [-0.25, -0.2) is 25.4 Å². The second kappa shape index (κ2) is 20.7. The topological polar surface area (TPSA) is 186 Å². The van der Waals surface area contributed by atoms with Crippen molar-refractivity contribution in [1.29, 1.82) is 0 Å². The van der Waals surface area contributed by atoms with Crippen LogP contribution in [0.2, 0.25) is 0 Å². The summed E-state index contributed by atoms with van der Waals surface area (Å²) in [6, 6.07) is 26.8. The monoisotopic (exact) mass is 954 g/mol. The first kappa shape index (κ1) is 51.7. The highest BCUT2D eigenvalue weighted by Crippen LogP contribution is 2.40. The zero-order chi connectivity index (χ0) is 49.6. The van der Waals surface area contributed by atoms with Gasteiger partial charge in [-0.3, -0.25) is 19.2 Å². The highest BCUT2D eigenvalue weighted by molar-refractivity contribution is 8.00. The number of nitrogens with zero attached hydrogens (tertiary/aromatic N) is 2. The predicted octanol–water partition coefficient (Wildman–Crippen LogP) is 7.54. The zero-order valence-electron chi connectivity index (χ0n) is 40.2. The van der Waals surface area contributed by atoms with Gasteiger partial charge in [0.2, 0.25) is 0 Å². The molecule has 4 aromatic rings. The summed E-state index contributed by atoms with van der Waals surface area (Å²) in [4.78, 5) is 50.8. The largest absolute Gasteiger partial charge is 0.464 e. The molecule has 0 bridgehead atoms. The van der Waals surface area contributed by atoms with Crippen molar-refractivity contribution >= 4 is 53.6 Å². The lowest BCUT2D eigenvalue weighted by molar-refractivity contribution is -0.142. The summed E-state index contributed by atoms with van der Waals surface area (Å²) in [5, 5.41) is 5.73. The van der Waals surface area contributed by atoms with Gasteiger partial charge in [0.05, 0.1) is 17.7 Å². The summed E-state index contributed by atoms with van der Waals surface area (Å²) >= 11 is 0. The zero-order valence-corrected chi connectivity index (χ0v) is 41.8. The number of ether oxygens (including phenoxy) is 2. The van der Waals surface area contributed by atoms with Crippen molar-refractivity contribution in [1.82, 2.24) is 19.2 Å². The molecule has 14 nitrogen and oxygen atoms in total. The van der Waals surface area contributed by atoms with Gasteiger partial charge in [0.1, 0.15) is 33.5 Å². The molecule has 2 aliphatic heterocycles. The van der Waals surface area contributed by atoms with E-state index in [1.54, 1.807) is 102 Å². The molecule has 0 radical (unpaired) electrons. The first-order chi connectivity index (χ1) is 31.3. The molecule has 67 heavy (non-hydrogen) atoms. The highest BCUT2D eigenvalue weighted by atomic mass is 32.2. The third-order valence-electron chi connectivity index (χ3n) is 10.9. The summed E-state index contributed by atoms with van der Waals surface area (Å²) in [5.74, 6) is -1.68. The summed E-state index contributed by atoms with van der Waals surface area (Å²) in [6.45, 7) is 20.0. The number of para-hydroxylation sites is 1. The number of rotatable bonds is 14. The van der Waals surface area contributed by atoms with Crippen molar-refractivity contribution in [2.45, 2.75) is 107 Å². The lowest BCUT2D eigenvalue weighted by Crippen LogP contribution is -2.47. The fourth-order valence-electron chi connectivity index (χ4n) is 8.12. The fourth-order valence-corrected chi connectivity index (χ4v) is 12.2. The van der Waals surface area contributed by atoms with Gasteiger partial charge in [0, 0.05) is 19.4 Å². The number of amides is 2. The Bertz CT molecular complexity index is 2780. The fraction of sp³-hybridized carbons (Fsp3) is 0.373. The number of sulfonamides is 2. The van der Waals surface area contributed by atoms with Gasteiger partial charge in [-0.15, -0.1) is 0 Å². The predicted molar refractivity (Wildman–Crippen MR) is 260 cm³/mol. The van der Waals surface area contributed by atoms with Gasteiger partial charge in [0.15, 0.2) is 0 Å². The second-order valence-electron chi connectivity index (χ2n) is 18.6. The molecule has 0 saturated heterocycles. The summed E-state index contributed by atoms with van der Waals surface area (Å²) in [5.41, 5.74) is 5.20. The Morgan fingerprint density at radius 3 is 1.49 bits per heavy atom. The molecule has 2 heterocycles. The van der Waals surface area contributed by atoms with Crippen LogP contribution in [0.5, 0.6) is 5.75 Å². The number of esters is 2. The van der Waals surface area contributed by atoms with E-state index in [2.05, 4.69) is 22.8 Å². The van der Waals surface area contributed by atoms with E-state index in [0.717, 1.165) is 36.4 Å². The van der Waals surface area contributed by atoms with Crippen LogP contribution in [0.15, 0.2) is 102 Å². The molecule has 2 N–H and O–H groups in total. The summed E-state index contributed by atoms with van der Waals surface area (Å²) in [7, 11) is -8.13. The van der Waals surface area contributed by atoms with Crippen molar-refractivity contribution in [2.24, 2.45) is 0 Å². The van der Waals surface area contributed by atoms with Crippen molar-refractivity contribution in [3.63, 3.8) is 0 Å². The van der Waals surface area contributed by atoms with E-state index < -0.39 is 48.9 Å². The Morgan fingerprint density at radius 1 is 0.597 bits per heavy atom. The quantitative estimate of drug-likeness (QED) is 0.0720. The maximum Gasteiger partial charge on any atom is 0.325 e. The molecular formula is C51H62N4O10S2. The van der Waals surface area contributed by atoms with Crippen LogP contribution in [0.25, 0.3) is 9.81 Å². The molecule has 2 aliphatic rings. The van der Waals surface area contributed by atoms with Gasteiger partial charge in [-0.1, -0.05) is 96.6 Å². The molecule has 0 saturated carbocycles. The minimum absolute atomic E-state index is 0.0271. The molecule has 16 heteroatoms. The Kier molecular flexibility index (Phi) is 16.0. The van der Waals surface area contributed by atoms with Crippen molar-refractivity contribution < 1.29 is 45.5 Å². The van der Waals surface area contributed by atoms with Crippen LogP contribution in [-0.2, 0) is 50.4 Å². The van der Waals surface area contributed by atoms with E-state index in [9.17, 15) is 36.0 Å². The first-order valence-electron chi connectivity index (χ1n) is 22.0. The van der Waals surface area contributed by atoms with Gasteiger partial charge in [-0.2, -0.15) is 0 Å². The molecule has 6 rings (SSSR count). The average Bonchev–Trinajstić information content (AvgIpc) is 3.57. The van der Waals surface area contributed by atoms with Crippen LogP contribution in [0.3, 0.4) is 0 Å². The maximum atomic E-state index is 13.3. The minimum atomic E-state index is -4.10. The molecule has 358 valence electrons. The van der Waals surface area contributed by atoms with Crippen LogP contribution < -0.4 is 15.4 Å². The third kappa shape index (κ3) is 11.8. The number of hydrogen-bond donors (Lipinski definition) is 2. The molecule has 0 aliphatic carbocycles. The number of carbonyl (C=O) groups is 4. The Balaban J connectivity index is 0.000000251. The highest BCUT2D eigenvalue weighted by Gasteiger charge is 2.50. The van der Waals surface area contributed by atoms with Crippen LogP contribution in [0.4, 0.5) is 0 Å². The molecule has 0 fully saturated rings. The van der Waals surface area contributed by atoms with E-state index >= 15 is 0 Å². The molecule has 0 spiro atoms. The SMILES string of the molecule is Cc1cc(C)c(CCOC(=O)CNC2=C(c3ccccc3)S(=O)(=O)N(C(C)(C)C)C2=O)c(C)c1.Cc1cccc(C)c1OC(=O)CCCNC1=C(c2ccccc2)S(=O)(=O)N(C(C)(C)C)C1=O. The molecule has 0 atom stereocenters. The van der Waals surface area contributed by atoms with Crippen LogP contribution in [0, 0.1) is 34.6 Å². The van der Waals surface area contributed by atoms with E-state index in [0.29, 0.717) is 29.7 Å². The lowest BCUT2D eigenvalue weighted by atomic mass is 9.98. The van der Waals surface area contributed by atoms with E-state index in [1.807, 2.05) is 52.8 Å². The number of nitrogens with one attached hydrogen (secondary N) is 2. The van der Waals surface area contributed by atoms with Gasteiger partial charge in [0.25, 0.3) is 31.9 Å². The lowest BCUT2D eigenvalue weighted by Gasteiger charge is -2.30. The van der Waals surface area contributed by atoms with Crippen LogP contribution >= 0.6 is 0 Å². The van der Waals surface area contributed by atoms with E-state index in [1.165, 1.54) is 5.56 Å². The minimum Gasteiger partial charge on any atom is -0.464 e. The van der Waals surface area contributed by atoms with Crippen molar-refractivity contribution in [2.75, 3.05) is 19.7 Å². The number of carbonyl (C=O) groups excluding carboxylic acids is 4. The van der Waals surface area contributed by atoms with Crippen LogP contribution in [0.1, 0.15) is 98.9 Å². The van der Waals surface area contributed by atoms with E-state index in [4.69, 9.17) is 9.47 Å². The summed E-state index contributed by atoms with van der Waals surface area (Å²) in [6.07, 6.45) is 1.07. The molecule has 4 aromatic carbocycles. The van der Waals surface area contributed by atoms with Gasteiger partial charge >= 0.3 is 11.9 Å². The number of benzene rings is 4. The number of hydrogen-bond acceptors (Lipinski definition) is 12. The Hall–Kier alpha value is -6.26. The first-order valence-corrected chi connectivity index (χ1v) is 24.9. The molecule has 2 amide bonds.